The van der Waals surface area contributed by atoms with Gasteiger partial charge in [0.2, 0.25) is 11.8 Å². The zero-order chi connectivity index (χ0) is 105. The number of carbonyl (C=O) groups is 4. The molecular weight excluding hydrogens is 1970 g/mol. The molecule has 0 aliphatic carbocycles. The van der Waals surface area contributed by atoms with E-state index in [1.807, 2.05) is 108 Å². The average molecular weight is 2060 g/mol. The van der Waals surface area contributed by atoms with Crippen LogP contribution in [0.3, 0.4) is 0 Å². The minimum atomic E-state index is -3.17. The van der Waals surface area contributed by atoms with Gasteiger partial charge < -0.3 is 40.2 Å². The van der Waals surface area contributed by atoms with E-state index < -0.39 is 108 Å². The third kappa shape index (κ3) is 26.1. The minimum absolute atomic E-state index is 0.00942. The van der Waals surface area contributed by atoms with E-state index in [-0.39, 0.29) is 57.6 Å². The van der Waals surface area contributed by atoms with E-state index in [0.29, 0.717) is 116 Å². The van der Waals surface area contributed by atoms with Crippen molar-refractivity contribution < 1.29 is 83.4 Å². The molecule has 16 rings (SSSR count). The largest absolute Gasteiger partial charge is 0.487 e. The van der Waals surface area contributed by atoms with E-state index in [1.54, 1.807) is 83.9 Å². The van der Waals surface area contributed by atoms with Gasteiger partial charge in [-0.25, -0.2) is 103 Å². The third-order valence-corrected chi connectivity index (χ3v) is 24.0. The molecule has 0 spiro atoms. The number of fused-ring (bicyclic) bond motifs is 4. The van der Waals surface area contributed by atoms with Crippen LogP contribution in [0.15, 0.2) is 171 Å². The number of aryl methyl sites for hydroxylation is 8. The molecule has 4 N–H and O–H groups in total. The summed E-state index contributed by atoms with van der Waals surface area (Å²) >= 11 is 25.4. The standard InChI is InChI=1S/2C26H25ClF3N5O2.2C25H24ClF2N5O2/c1-14-8-19(25-31-13-32-35(25)4)17-6-5-7-22(24(17)33-14)37-12-20-18(9-16(28)10-21(20)27)15(2)34-23(36)11-26(3,29)30;1-14-8-22(35-16(3)31-13-32-35)18-6-5-7-23(25(18)33-14)37-12-20-19(9-17(28)10-21(20)27)15(2)34-24(36)11-26(4,29)30;2*1-13-8-19(24-29-12-30-33(24)4)17-6-5-7-22(23(17)31-13)35-11-20-18(9-16(28)10-21(20)26)15(3)32-25(34)14(2)27/h2*5-10,13,15H,11-12H2,1-4H3,(H,34,36);2*5-10,12,14-15H,11H2,1-4H3,(H,32,34)/t2*15-;2*14?,15-/m0000/s1/i;;15D;. The molecule has 0 bridgehead atoms. The Morgan fingerprint density at radius 1 is 0.389 bits per heavy atom. The first kappa shape index (κ1) is 105. The van der Waals surface area contributed by atoms with E-state index in [4.69, 9.17) is 66.7 Å². The number of carbonyl (C=O) groups excluding carboxylic acids is 4. The van der Waals surface area contributed by atoms with Crippen molar-refractivity contribution in [1.82, 2.24) is 100 Å². The highest BCUT2D eigenvalue weighted by Crippen LogP contribution is 2.42. The van der Waals surface area contributed by atoms with Crippen molar-refractivity contribution in [3.8, 4) is 62.8 Å². The van der Waals surface area contributed by atoms with Crippen molar-refractivity contribution in [2.24, 2.45) is 21.1 Å². The van der Waals surface area contributed by atoms with E-state index in [9.17, 15) is 63.1 Å². The van der Waals surface area contributed by atoms with Crippen molar-refractivity contribution in [1.29, 1.82) is 0 Å². The van der Waals surface area contributed by atoms with Gasteiger partial charge in [-0.05, 0) is 209 Å². The number of halogens is 14. The van der Waals surface area contributed by atoms with E-state index in [1.165, 1.54) is 56.5 Å². The third-order valence-electron chi connectivity index (χ3n) is 22.6. The summed E-state index contributed by atoms with van der Waals surface area (Å²) in [6.07, 6.45) is 0.380. The number of pyridine rings is 4. The van der Waals surface area contributed by atoms with Gasteiger partial charge in [0, 0.05) is 104 Å². The summed E-state index contributed by atoms with van der Waals surface area (Å²) in [6, 6.07) is 34.7. The van der Waals surface area contributed by atoms with E-state index >= 15 is 0 Å². The predicted molar refractivity (Wildman–Crippen MR) is 526 cm³/mol. The molecule has 6 atom stereocenters. The number of alkyl halides is 6. The number of aromatic nitrogens is 16. The number of rotatable bonds is 30. The molecule has 0 aliphatic heterocycles. The summed E-state index contributed by atoms with van der Waals surface area (Å²) in [4.78, 5) is 83.8. The smallest absolute Gasteiger partial charge is 0.254 e. The fourth-order valence-electron chi connectivity index (χ4n) is 16.0. The molecule has 42 heteroatoms. The fraction of sp³-hybridized carbons (Fsp3) is 0.294. The lowest BCUT2D eigenvalue weighted by Crippen LogP contribution is -2.33. The SMILES string of the molecule is Cc1cc(-c2ncnn2C)c2cccc(OCc3c(Cl)cc(F)cc3[C@H](C)NC(=O)C(C)F)c2n1.Cc1cc(-c2ncnn2C)c2cccc(OCc3c(Cl)cc(F)cc3[C@H](C)NC(=O)CC(C)(F)F)c2n1.Cc1cc(-n2ncnc2C)c2cccc(OCc3c(Cl)cc(F)cc3[C@H](C)NC(=O)CC(C)(F)F)c2n1.[2H][C@@](C)(NC(=O)C(C)F)c1cc(F)cc(Cl)c1COc1cccc2c(-c3ncnn3C)cc(C)nc12. The summed E-state index contributed by atoms with van der Waals surface area (Å²) < 4.78 is 176. The van der Waals surface area contributed by atoms with E-state index in [2.05, 4.69) is 81.5 Å². The fourth-order valence-corrected chi connectivity index (χ4v) is 17.0. The van der Waals surface area contributed by atoms with Gasteiger partial charge in [-0.1, -0.05) is 94.9 Å². The Morgan fingerprint density at radius 2 is 0.674 bits per heavy atom. The summed E-state index contributed by atoms with van der Waals surface area (Å²) in [5.41, 5.74) is 11.3. The molecule has 144 heavy (non-hydrogen) atoms. The number of amides is 4. The van der Waals surface area contributed by atoms with Crippen LogP contribution in [0, 0.1) is 57.9 Å². The Morgan fingerprint density at radius 3 is 0.972 bits per heavy atom. The van der Waals surface area contributed by atoms with Gasteiger partial charge >= 0.3 is 0 Å². The summed E-state index contributed by atoms with van der Waals surface area (Å²) in [6.45, 7) is 18.5. The predicted octanol–water partition coefficient (Wildman–Crippen LogP) is 22.4. The zero-order valence-electron chi connectivity index (χ0n) is 81.5. The lowest BCUT2D eigenvalue weighted by Gasteiger charge is -2.21. The highest BCUT2D eigenvalue weighted by molar-refractivity contribution is 6.32. The first-order valence-corrected chi connectivity index (χ1v) is 46.2. The molecule has 16 aromatic rings. The molecule has 28 nitrogen and oxygen atoms in total. The van der Waals surface area contributed by atoms with E-state index in [0.717, 1.165) is 105 Å². The van der Waals surface area contributed by atoms with Gasteiger partial charge in [0.25, 0.3) is 23.7 Å². The molecule has 0 aliphatic rings. The van der Waals surface area contributed by atoms with Crippen LogP contribution in [0.4, 0.5) is 43.9 Å². The molecule has 0 saturated carbocycles. The number of hydrogen-bond donors (Lipinski definition) is 4. The molecule has 0 fully saturated rings. The Kier molecular flexibility index (Phi) is 33.5. The molecular formula is C102H98Cl4F10N20O8. The summed E-state index contributed by atoms with van der Waals surface area (Å²) in [5, 5.41) is 30.0. The molecule has 2 unspecified atom stereocenters. The second kappa shape index (κ2) is 45.8. The van der Waals surface area contributed by atoms with Crippen molar-refractivity contribution >= 4 is 114 Å². The van der Waals surface area contributed by atoms with Crippen LogP contribution in [0.5, 0.6) is 23.0 Å². The Bertz CT molecular complexity index is 7330. The maximum absolute atomic E-state index is 14.2. The maximum atomic E-state index is 14.2. The van der Waals surface area contributed by atoms with Crippen LogP contribution in [-0.2, 0) is 66.7 Å². The Hall–Kier alpha value is -14.5. The topological polar surface area (TPSA) is 328 Å². The highest BCUT2D eigenvalue weighted by Gasteiger charge is 2.32. The molecule has 0 radical (unpaired) electrons. The minimum Gasteiger partial charge on any atom is -0.487 e. The summed E-state index contributed by atoms with van der Waals surface area (Å²) in [7, 11) is 5.40. The number of hydrogen-bond acceptors (Lipinski definition) is 20. The van der Waals surface area contributed by atoms with Gasteiger partial charge in [0.1, 0.15) is 126 Å². The van der Waals surface area contributed by atoms with Crippen LogP contribution in [0.2, 0.25) is 20.1 Å². The van der Waals surface area contributed by atoms with Crippen LogP contribution in [0.25, 0.3) is 83.5 Å². The molecule has 752 valence electrons. The first-order chi connectivity index (χ1) is 68.5. The monoisotopic (exact) mass is 2060 g/mol. The molecule has 0 saturated heterocycles. The van der Waals surface area contributed by atoms with Crippen molar-refractivity contribution in [3.63, 3.8) is 0 Å². The second-order valence-corrected chi connectivity index (χ2v) is 35.9. The average Bonchev–Trinajstić information content (AvgIpc) is 1.78. The number of benzene rings is 8. The highest BCUT2D eigenvalue weighted by atomic mass is 35.5. The van der Waals surface area contributed by atoms with Gasteiger partial charge in [0.15, 0.2) is 29.8 Å². The molecule has 8 aromatic carbocycles. The van der Waals surface area contributed by atoms with Gasteiger partial charge in [-0.3, -0.25) is 19.2 Å². The lowest BCUT2D eigenvalue weighted by molar-refractivity contribution is -0.129. The van der Waals surface area contributed by atoms with Crippen molar-refractivity contribution in [2.45, 2.75) is 178 Å². The number of nitrogens with one attached hydrogen (secondary N) is 4. The second-order valence-electron chi connectivity index (χ2n) is 34.2. The van der Waals surface area contributed by atoms with Crippen LogP contribution in [0.1, 0.15) is 167 Å². The molecule has 8 aromatic heterocycles. The van der Waals surface area contributed by atoms with Crippen LogP contribution >= 0.6 is 46.4 Å². The molecule has 4 amide bonds. The van der Waals surface area contributed by atoms with Crippen molar-refractivity contribution in [2.75, 3.05) is 0 Å². The maximum Gasteiger partial charge on any atom is 0.254 e. The normalized spacial score (nSPS) is 13.1. The van der Waals surface area contributed by atoms with Gasteiger partial charge in [-0.2, -0.15) is 20.4 Å². The van der Waals surface area contributed by atoms with Crippen LogP contribution in [-0.4, -0.2) is 127 Å². The first-order valence-electron chi connectivity index (χ1n) is 45.2. The number of nitrogens with zero attached hydrogens (tertiary/aromatic N) is 16. The Balaban J connectivity index is 0.000000162. The van der Waals surface area contributed by atoms with Crippen LogP contribution < -0.4 is 40.2 Å². The quantitative estimate of drug-likeness (QED) is 0.0304. The summed E-state index contributed by atoms with van der Waals surface area (Å²) in [5.74, 6) is -7.82. The number of para-hydroxylation sites is 4. The van der Waals surface area contributed by atoms with Crippen molar-refractivity contribution in [3.05, 3.63) is 287 Å². The molecule has 8 heterocycles. The zero-order valence-corrected chi connectivity index (χ0v) is 83.5. The lowest BCUT2D eigenvalue weighted by atomic mass is 10.0. The Labute approximate surface area is 841 Å². The van der Waals surface area contributed by atoms with Gasteiger partial charge in [-0.15, -0.1) is 0 Å². The number of ether oxygens (including phenoxy) is 4. The van der Waals surface area contributed by atoms with Gasteiger partial charge in [0.05, 0.1) is 64.1 Å².